The van der Waals surface area contributed by atoms with Crippen LogP contribution in [0.3, 0.4) is 0 Å². The molecule has 2 N–H and O–H groups in total. The van der Waals surface area contributed by atoms with Gasteiger partial charge in [0, 0.05) is 6.54 Å². The molecule has 1 heterocycles. The summed E-state index contributed by atoms with van der Waals surface area (Å²) in [5.74, 6) is 0.315. The fraction of sp³-hybridized carbons (Fsp3) is 0.467. The maximum atomic E-state index is 11.8. The van der Waals surface area contributed by atoms with Gasteiger partial charge < -0.3 is 15.4 Å². The van der Waals surface area contributed by atoms with Crippen LogP contribution in [-0.2, 0) is 9.59 Å². The first-order valence-electron chi connectivity index (χ1n) is 6.92. The Morgan fingerprint density at radius 3 is 3.00 bits per heavy atom. The van der Waals surface area contributed by atoms with Crippen LogP contribution in [0.5, 0.6) is 5.75 Å². The summed E-state index contributed by atoms with van der Waals surface area (Å²) in [4.78, 5) is 23.5. The number of amides is 2. The molecule has 0 aliphatic carbocycles. The first-order chi connectivity index (χ1) is 9.66. The number of nitrogens with one attached hydrogen (secondary N) is 2. The lowest BCUT2D eigenvalue weighted by atomic mass is 10.1. The van der Waals surface area contributed by atoms with Gasteiger partial charge in [-0.3, -0.25) is 9.59 Å². The molecule has 108 valence electrons. The molecule has 1 aromatic carbocycles. The van der Waals surface area contributed by atoms with Gasteiger partial charge in [-0.15, -0.1) is 0 Å². The van der Waals surface area contributed by atoms with Gasteiger partial charge in [-0.2, -0.15) is 0 Å². The molecule has 1 aromatic rings. The van der Waals surface area contributed by atoms with Gasteiger partial charge in [0.05, 0.1) is 0 Å². The van der Waals surface area contributed by atoms with Crippen molar-refractivity contribution in [3.63, 3.8) is 0 Å². The lowest BCUT2D eigenvalue weighted by molar-refractivity contribution is -0.129. The van der Waals surface area contributed by atoms with Gasteiger partial charge >= 0.3 is 0 Å². The Morgan fingerprint density at radius 2 is 2.20 bits per heavy atom. The number of hydrogen-bond donors (Lipinski definition) is 2. The number of carbonyl (C=O) groups is 2. The van der Waals surface area contributed by atoms with Crippen LogP contribution in [0.2, 0.25) is 0 Å². The van der Waals surface area contributed by atoms with Crippen LogP contribution in [0.4, 0.5) is 0 Å². The van der Waals surface area contributed by atoms with Gasteiger partial charge in [0.25, 0.3) is 5.91 Å². The van der Waals surface area contributed by atoms with Crippen LogP contribution in [0.25, 0.3) is 0 Å². The molecule has 2 amide bonds. The SMILES string of the molecule is Cc1ccccc1OCC(=O)N[C@H]1CCCCNC1=O. The van der Waals surface area contributed by atoms with Crippen LogP contribution in [0, 0.1) is 6.92 Å². The minimum absolute atomic E-state index is 0.0748. The van der Waals surface area contributed by atoms with Crippen molar-refractivity contribution in [1.82, 2.24) is 10.6 Å². The standard InChI is InChI=1S/C15H20N2O3/c1-11-6-2-3-8-13(11)20-10-14(18)17-12-7-4-5-9-16-15(12)19/h2-3,6,8,12H,4-5,7,9-10H2,1H3,(H,16,19)(H,17,18)/t12-/m0/s1. The molecule has 1 fully saturated rings. The van der Waals surface area contributed by atoms with Crippen LogP contribution < -0.4 is 15.4 Å². The van der Waals surface area contributed by atoms with E-state index in [4.69, 9.17) is 4.74 Å². The Kier molecular flexibility index (Phi) is 4.98. The molecule has 0 spiro atoms. The van der Waals surface area contributed by atoms with E-state index in [1.165, 1.54) is 0 Å². The Morgan fingerprint density at radius 1 is 1.40 bits per heavy atom. The fourth-order valence-corrected chi connectivity index (χ4v) is 2.17. The molecule has 0 radical (unpaired) electrons. The van der Waals surface area contributed by atoms with E-state index in [1.807, 2.05) is 31.2 Å². The summed E-state index contributed by atoms with van der Waals surface area (Å²) in [6, 6.07) is 7.08. The molecule has 2 rings (SSSR count). The maximum absolute atomic E-state index is 11.8. The zero-order valence-electron chi connectivity index (χ0n) is 11.6. The molecular formula is C15H20N2O3. The van der Waals surface area contributed by atoms with Gasteiger partial charge in [-0.1, -0.05) is 18.2 Å². The summed E-state index contributed by atoms with van der Waals surface area (Å²) in [6.45, 7) is 2.53. The molecule has 0 aromatic heterocycles. The molecule has 0 unspecified atom stereocenters. The lowest BCUT2D eigenvalue weighted by Crippen LogP contribution is -2.46. The van der Waals surface area contributed by atoms with Gasteiger partial charge in [0.1, 0.15) is 11.8 Å². The van der Waals surface area contributed by atoms with Crippen molar-refractivity contribution in [3.05, 3.63) is 29.8 Å². The van der Waals surface area contributed by atoms with E-state index in [2.05, 4.69) is 10.6 Å². The highest BCUT2D eigenvalue weighted by atomic mass is 16.5. The van der Waals surface area contributed by atoms with E-state index in [0.717, 1.165) is 18.4 Å². The van der Waals surface area contributed by atoms with E-state index in [-0.39, 0.29) is 18.4 Å². The van der Waals surface area contributed by atoms with E-state index in [9.17, 15) is 9.59 Å². The number of para-hydroxylation sites is 1. The highest BCUT2D eigenvalue weighted by Gasteiger charge is 2.22. The molecule has 1 saturated heterocycles. The predicted molar refractivity (Wildman–Crippen MR) is 75.5 cm³/mol. The summed E-state index contributed by atoms with van der Waals surface area (Å²) < 4.78 is 5.46. The topological polar surface area (TPSA) is 67.4 Å². The first kappa shape index (κ1) is 14.4. The normalized spacial score (nSPS) is 18.9. The van der Waals surface area contributed by atoms with Crippen molar-refractivity contribution in [2.75, 3.05) is 13.2 Å². The summed E-state index contributed by atoms with van der Waals surface area (Å²) in [5.41, 5.74) is 0.979. The van der Waals surface area contributed by atoms with Crippen LogP contribution in [0.1, 0.15) is 24.8 Å². The van der Waals surface area contributed by atoms with E-state index in [1.54, 1.807) is 0 Å². The third-order valence-electron chi connectivity index (χ3n) is 3.32. The minimum atomic E-state index is -0.439. The highest BCUT2D eigenvalue weighted by molar-refractivity contribution is 5.88. The minimum Gasteiger partial charge on any atom is -0.484 e. The van der Waals surface area contributed by atoms with E-state index < -0.39 is 6.04 Å². The average Bonchev–Trinajstić information content (AvgIpc) is 2.63. The summed E-state index contributed by atoms with van der Waals surface area (Å²) in [7, 11) is 0. The summed E-state index contributed by atoms with van der Waals surface area (Å²) in [5, 5.41) is 5.51. The molecule has 0 bridgehead atoms. The predicted octanol–water partition coefficient (Wildman–Crippen LogP) is 1.16. The number of carbonyl (C=O) groups excluding carboxylic acids is 2. The Hall–Kier alpha value is -2.04. The van der Waals surface area contributed by atoms with E-state index in [0.29, 0.717) is 18.7 Å². The Balaban J connectivity index is 1.83. The summed E-state index contributed by atoms with van der Waals surface area (Å²) >= 11 is 0. The molecule has 5 nitrogen and oxygen atoms in total. The van der Waals surface area contributed by atoms with Crippen molar-refractivity contribution >= 4 is 11.8 Å². The van der Waals surface area contributed by atoms with Crippen LogP contribution in [-0.4, -0.2) is 31.0 Å². The third-order valence-corrected chi connectivity index (χ3v) is 3.32. The quantitative estimate of drug-likeness (QED) is 0.867. The maximum Gasteiger partial charge on any atom is 0.258 e. The molecule has 1 aliphatic heterocycles. The monoisotopic (exact) mass is 276 g/mol. The number of benzene rings is 1. The largest absolute Gasteiger partial charge is 0.484 e. The van der Waals surface area contributed by atoms with Gasteiger partial charge in [-0.25, -0.2) is 0 Å². The van der Waals surface area contributed by atoms with Gasteiger partial charge in [0.2, 0.25) is 5.91 Å². The average molecular weight is 276 g/mol. The van der Waals surface area contributed by atoms with Crippen molar-refractivity contribution in [2.24, 2.45) is 0 Å². The molecular weight excluding hydrogens is 256 g/mol. The number of hydrogen-bond acceptors (Lipinski definition) is 3. The highest BCUT2D eigenvalue weighted by Crippen LogP contribution is 2.15. The van der Waals surface area contributed by atoms with Crippen molar-refractivity contribution in [2.45, 2.75) is 32.2 Å². The third kappa shape index (κ3) is 3.98. The second-order valence-electron chi connectivity index (χ2n) is 4.96. The molecule has 0 saturated carbocycles. The van der Waals surface area contributed by atoms with E-state index >= 15 is 0 Å². The summed E-state index contributed by atoms with van der Waals surface area (Å²) in [6.07, 6.45) is 2.57. The van der Waals surface area contributed by atoms with Crippen molar-refractivity contribution < 1.29 is 14.3 Å². The number of aryl methyl sites for hydroxylation is 1. The molecule has 1 aliphatic rings. The van der Waals surface area contributed by atoms with Crippen molar-refractivity contribution in [1.29, 1.82) is 0 Å². The van der Waals surface area contributed by atoms with Gasteiger partial charge in [0.15, 0.2) is 6.61 Å². The van der Waals surface area contributed by atoms with Crippen LogP contribution >= 0.6 is 0 Å². The Bertz CT molecular complexity index is 488. The smallest absolute Gasteiger partial charge is 0.258 e. The number of ether oxygens (including phenoxy) is 1. The number of rotatable bonds is 4. The van der Waals surface area contributed by atoms with Gasteiger partial charge in [-0.05, 0) is 37.8 Å². The molecule has 1 atom stereocenters. The van der Waals surface area contributed by atoms with Crippen LogP contribution in [0.15, 0.2) is 24.3 Å². The second-order valence-corrected chi connectivity index (χ2v) is 4.96. The van der Waals surface area contributed by atoms with Crippen molar-refractivity contribution in [3.8, 4) is 5.75 Å². The zero-order chi connectivity index (χ0) is 14.4. The second kappa shape index (κ2) is 6.93. The lowest BCUT2D eigenvalue weighted by Gasteiger charge is -2.15. The fourth-order valence-electron chi connectivity index (χ4n) is 2.17. The molecule has 5 heteroatoms. The Labute approximate surface area is 118 Å². The molecule has 20 heavy (non-hydrogen) atoms. The first-order valence-corrected chi connectivity index (χ1v) is 6.92. The zero-order valence-corrected chi connectivity index (χ0v) is 11.6.